The van der Waals surface area contributed by atoms with E-state index >= 15 is 0 Å². The first-order valence-corrected chi connectivity index (χ1v) is 7.67. The standard InChI is InChI=1S/C18H15FN4O2/c19-14-3-5-15(6-4-14)23-17(24)8-7-16(22-23)18(25)21-11-9-13-2-1-10-20-12-13/h1-8,10,12H,9,11H2,(H,21,25). The highest BCUT2D eigenvalue weighted by Gasteiger charge is 2.10. The van der Waals surface area contributed by atoms with Crippen molar-refractivity contribution < 1.29 is 9.18 Å². The minimum atomic E-state index is -0.416. The molecule has 1 N–H and O–H groups in total. The predicted molar refractivity (Wildman–Crippen MR) is 90.1 cm³/mol. The van der Waals surface area contributed by atoms with E-state index in [0.29, 0.717) is 18.7 Å². The van der Waals surface area contributed by atoms with Crippen molar-refractivity contribution in [1.82, 2.24) is 20.1 Å². The molecule has 0 saturated heterocycles. The monoisotopic (exact) mass is 338 g/mol. The summed E-state index contributed by atoms with van der Waals surface area (Å²) in [6.45, 7) is 0.419. The number of benzene rings is 1. The maximum Gasteiger partial charge on any atom is 0.271 e. The molecule has 0 atom stereocenters. The highest BCUT2D eigenvalue weighted by atomic mass is 19.1. The molecular formula is C18H15FN4O2. The van der Waals surface area contributed by atoms with Gasteiger partial charge < -0.3 is 5.32 Å². The van der Waals surface area contributed by atoms with Gasteiger partial charge in [-0.15, -0.1) is 0 Å². The summed E-state index contributed by atoms with van der Waals surface area (Å²) in [6.07, 6.45) is 4.06. The molecule has 0 spiro atoms. The molecule has 0 radical (unpaired) electrons. The molecule has 1 amide bonds. The Morgan fingerprint density at radius 1 is 1.12 bits per heavy atom. The van der Waals surface area contributed by atoms with Crippen LogP contribution >= 0.6 is 0 Å². The van der Waals surface area contributed by atoms with Crippen LogP contribution in [0.4, 0.5) is 4.39 Å². The maximum atomic E-state index is 13.0. The van der Waals surface area contributed by atoms with Gasteiger partial charge in [0.1, 0.15) is 11.5 Å². The summed E-state index contributed by atoms with van der Waals surface area (Å²) in [5.41, 5.74) is 1.09. The normalized spacial score (nSPS) is 10.4. The van der Waals surface area contributed by atoms with Crippen molar-refractivity contribution in [3.05, 3.63) is 88.4 Å². The zero-order valence-corrected chi connectivity index (χ0v) is 13.2. The lowest BCUT2D eigenvalue weighted by Gasteiger charge is -2.08. The Balaban J connectivity index is 1.71. The fourth-order valence-corrected chi connectivity index (χ4v) is 2.26. The van der Waals surface area contributed by atoms with Crippen molar-refractivity contribution in [3.63, 3.8) is 0 Å². The molecule has 2 heterocycles. The van der Waals surface area contributed by atoms with Gasteiger partial charge in [-0.2, -0.15) is 9.78 Å². The molecule has 126 valence electrons. The number of rotatable bonds is 5. The molecule has 0 saturated carbocycles. The maximum absolute atomic E-state index is 13.0. The van der Waals surface area contributed by atoms with Crippen LogP contribution in [0.3, 0.4) is 0 Å². The number of pyridine rings is 1. The molecule has 0 bridgehead atoms. The lowest BCUT2D eigenvalue weighted by Crippen LogP contribution is -2.30. The second-order valence-electron chi connectivity index (χ2n) is 5.31. The topological polar surface area (TPSA) is 76.9 Å². The van der Waals surface area contributed by atoms with E-state index in [1.54, 1.807) is 12.4 Å². The van der Waals surface area contributed by atoms with Crippen LogP contribution < -0.4 is 10.9 Å². The Hall–Kier alpha value is -3.35. The summed E-state index contributed by atoms with van der Waals surface area (Å²) >= 11 is 0. The minimum absolute atomic E-state index is 0.107. The lowest BCUT2D eigenvalue weighted by atomic mass is 10.2. The number of nitrogens with zero attached hydrogens (tertiary/aromatic N) is 3. The highest BCUT2D eigenvalue weighted by Crippen LogP contribution is 2.06. The average molecular weight is 338 g/mol. The van der Waals surface area contributed by atoms with Crippen molar-refractivity contribution in [2.45, 2.75) is 6.42 Å². The van der Waals surface area contributed by atoms with E-state index in [9.17, 15) is 14.0 Å². The Bertz CT molecular complexity index is 924. The number of hydrogen-bond donors (Lipinski definition) is 1. The number of hydrogen-bond acceptors (Lipinski definition) is 4. The van der Waals surface area contributed by atoms with Crippen molar-refractivity contribution in [3.8, 4) is 5.69 Å². The molecule has 3 rings (SSSR count). The number of nitrogens with one attached hydrogen (secondary N) is 1. The first-order chi connectivity index (χ1) is 12.1. The summed E-state index contributed by atoms with van der Waals surface area (Å²) < 4.78 is 14.1. The third-order valence-electron chi connectivity index (χ3n) is 3.53. The first kappa shape index (κ1) is 16.5. The molecule has 0 aliphatic carbocycles. The summed E-state index contributed by atoms with van der Waals surface area (Å²) in [7, 11) is 0. The number of carbonyl (C=O) groups excluding carboxylic acids is 1. The fourth-order valence-electron chi connectivity index (χ4n) is 2.26. The van der Waals surface area contributed by atoms with Crippen LogP contribution in [-0.2, 0) is 6.42 Å². The van der Waals surface area contributed by atoms with E-state index < -0.39 is 11.4 Å². The zero-order chi connectivity index (χ0) is 17.6. The molecule has 1 aromatic carbocycles. The SMILES string of the molecule is O=C(NCCc1cccnc1)c1ccc(=O)n(-c2ccc(F)cc2)n1. The third kappa shape index (κ3) is 4.14. The number of halogens is 1. The van der Waals surface area contributed by atoms with E-state index in [1.807, 2.05) is 12.1 Å². The fraction of sp³-hybridized carbons (Fsp3) is 0.111. The molecule has 0 unspecified atom stereocenters. The van der Waals surface area contributed by atoms with E-state index in [-0.39, 0.29) is 11.6 Å². The Morgan fingerprint density at radius 3 is 2.64 bits per heavy atom. The van der Waals surface area contributed by atoms with Crippen molar-refractivity contribution in [1.29, 1.82) is 0 Å². The van der Waals surface area contributed by atoms with Gasteiger partial charge in [0.2, 0.25) is 0 Å². The molecule has 0 fully saturated rings. The summed E-state index contributed by atoms with van der Waals surface area (Å²) in [5, 5.41) is 6.81. The van der Waals surface area contributed by atoms with Crippen LogP contribution in [0, 0.1) is 5.82 Å². The Morgan fingerprint density at radius 2 is 1.92 bits per heavy atom. The van der Waals surface area contributed by atoms with Gasteiger partial charge in [0.25, 0.3) is 11.5 Å². The van der Waals surface area contributed by atoms with Crippen LogP contribution in [0.5, 0.6) is 0 Å². The van der Waals surface area contributed by atoms with Crippen molar-refractivity contribution in [2.75, 3.05) is 6.54 Å². The van der Waals surface area contributed by atoms with Gasteiger partial charge in [-0.3, -0.25) is 14.6 Å². The summed E-state index contributed by atoms with van der Waals surface area (Å²) in [4.78, 5) is 28.2. The number of aromatic nitrogens is 3. The largest absolute Gasteiger partial charge is 0.350 e. The van der Waals surface area contributed by atoms with E-state index in [0.717, 1.165) is 10.2 Å². The Kier molecular flexibility index (Phi) is 4.94. The average Bonchev–Trinajstić information content (AvgIpc) is 2.64. The predicted octanol–water partition coefficient (Wildman–Crippen LogP) is 1.74. The quantitative estimate of drug-likeness (QED) is 0.769. The van der Waals surface area contributed by atoms with Gasteiger partial charge in [0.15, 0.2) is 0 Å². The molecular weight excluding hydrogens is 323 g/mol. The van der Waals surface area contributed by atoms with Gasteiger partial charge in [-0.05, 0) is 48.4 Å². The zero-order valence-electron chi connectivity index (χ0n) is 13.2. The lowest BCUT2D eigenvalue weighted by molar-refractivity contribution is 0.0947. The van der Waals surface area contributed by atoms with Gasteiger partial charge in [0.05, 0.1) is 5.69 Å². The van der Waals surface area contributed by atoms with Crippen LogP contribution in [0.25, 0.3) is 5.69 Å². The number of carbonyl (C=O) groups is 1. The van der Waals surface area contributed by atoms with E-state index in [1.165, 1.54) is 36.4 Å². The smallest absolute Gasteiger partial charge is 0.271 e. The molecule has 25 heavy (non-hydrogen) atoms. The van der Waals surface area contributed by atoms with Gasteiger partial charge in [-0.1, -0.05) is 6.07 Å². The molecule has 6 nitrogen and oxygen atoms in total. The number of amides is 1. The molecule has 0 aliphatic rings. The third-order valence-corrected chi connectivity index (χ3v) is 3.53. The second-order valence-corrected chi connectivity index (χ2v) is 5.31. The van der Waals surface area contributed by atoms with Gasteiger partial charge >= 0.3 is 0 Å². The molecule has 2 aromatic heterocycles. The molecule has 7 heteroatoms. The summed E-state index contributed by atoms with van der Waals surface area (Å²) in [5.74, 6) is -0.805. The van der Waals surface area contributed by atoms with Gasteiger partial charge in [0, 0.05) is 25.0 Å². The molecule has 3 aromatic rings. The van der Waals surface area contributed by atoms with Crippen LogP contribution in [0.1, 0.15) is 16.1 Å². The first-order valence-electron chi connectivity index (χ1n) is 7.67. The van der Waals surface area contributed by atoms with Crippen molar-refractivity contribution in [2.24, 2.45) is 0 Å². The Labute approximate surface area is 143 Å². The van der Waals surface area contributed by atoms with E-state index in [2.05, 4.69) is 15.4 Å². The molecule has 0 aliphatic heterocycles. The second kappa shape index (κ2) is 7.48. The highest BCUT2D eigenvalue weighted by molar-refractivity contribution is 5.92. The van der Waals surface area contributed by atoms with E-state index in [4.69, 9.17) is 0 Å². The van der Waals surface area contributed by atoms with Crippen LogP contribution in [-0.4, -0.2) is 27.2 Å². The van der Waals surface area contributed by atoms with Crippen LogP contribution in [0.2, 0.25) is 0 Å². The minimum Gasteiger partial charge on any atom is -0.350 e. The van der Waals surface area contributed by atoms with Crippen molar-refractivity contribution >= 4 is 5.91 Å². The van der Waals surface area contributed by atoms with Crippen LogP contribution in [0.15, 0.2) is 65.7 Å². The summed E-state index contributed by atoms with van der Waals surface area (Å²) in [6, 6.07) is 11.7. The van der Waals surface area contributed by atoms with Gasteiger partial charge in [-0.25, -0.2) is 4.39 Å².